The van der Waals surface area contributed by atoms with Gasteiger partial charge >= 0.3 is 0 Å². The van der Waals surface area contributed by atoms with Gasteiger partial charge in [-0.15, -0.1) is 0 Å². The lowest BCUT2D eigenvalue weighted by Crippen LogP contribution is -2.35. The van der Waals surface area contributed by atoms with Crippen LogP contribution in [0.5, 0.6) is 0 Å². The fraction of sp³-hybridized carbons (Fsp3) is 0.360. The molecule has 0 radical (unpaired) electrons. The summed E-state index contributed by atoms with van der Waals surface area (Å²) in [5.74, 6) is -0.280. The molecule has 1 saturated heterocycles. The van der Waals surface area contributed by atoms with Crippen LogP contribution in [-0.2, 0) is 9.59 Å². The van der Waals surface area contributed by atoms with Crippen molar-refractivity contribution < 1.29 is 9.59 Å². The summed E-state index contributed by atoms with van der Waals surface area (Å²) in [7, 11) is 0. The second-order valence-electron chi connectivity index (χ2n) is 8.45. The zero-order valence-corrected chi connectivity index (χ0v) is 17.7. The van der Waals surface area contributed by atoms with Crippen molar-refractivity contribution in [3.63, 3.8) is 0 Å². The van der Waals surface area contributed by atoms with Crippen molar-refractivity contribution in [2.75, 3.05) is 29.9 Å². The molecule has 156 valence electrons. The molecule has 30 heavy (non-hydrogen) atoms. The van der Waals surface area contributed by atoms with Crippen LogP contribution in [0.2, 0.25) is 0 Å². The summed E-state index contributed by atoms with van der Waals surface area (Å²) in [4.78, 5) is 30.0. The highest BCUT2D eigenvalue weighted by molar-refractivity contribution is 6.36. The first-order valence-electron chi connectivity index (χ1n) is 10.8. The molecule has 5 heteroatoms. The van der Waals surface area contributed by atoms with Gasteiger partial charge in [0.15, 0.2) is 0 Å². The van der Waals surface area contributed by atoms with E-state index in [-0.39, 0.29) is 17.7 Å². The minimum atomic E-state index is -0.257. The number of rotatable bonds is 6. The molecule has 4 rings (SSSR count). The Balaban J connectivity index is 1.62. The quantitative estimate of drug-likeness (QED) is 0.721. The predicted molar refractivity (Wildman–Crippen MR) is 121 cm³/mol. The second kappa shape index (κ2) is 8.74. The van der Waals surface area contributed by atoms with Gasteiger partial charge in [-0.1, -0.05) is 44.2 Å². The molecule has 5 nitrogen and oxygen atoms in total. The van der Waals surface area contributed by atoms with Crippen molar-refractivity contribution >= 4 is 28.8 Å². The molecule has 0 atom stereocenters. The van der Waals surface area contributed by atoms with Crippen LogP contribution in [0.25, 0.3) is 5.57 Å². The van der Waals surface area contributed by atoms with Gasteiger partial charge in [-0.05, 0) is 55.0 Å². The molecule has 0 bridgehead atoms. The highest BCUT2D eigenvalue weighted by Gasteiger charge is 2.39. The van der Waals surface area contributed by atoms with Gasteiger partial charge in [-0.3, -0.25) is 14.5 Å². The molecule has 2 amide bonds. The number of anilines is 2. The first-order chi connectivity index (χ1) is 14.5. The summed E-state index contributed by atoms with van der Waals surface area (Å²) in [6, 6.07) is 17.6. The van der Waals surface area contributed by atoms with Gasteiger partial charge in [-0.25, -0.2) is 0 Å². The molecular weight excluding hydrogens is 374 g/mol. The van der Waals surface area contributed by atoms with E-state index in [4.69, 9.17) is 0 Å². The maximum absolute atomic E-state index is 13.1. The Morgan fingerprint density at radius 2 is 1.53 bits per heavy atom. The van der Waals surface area contributed by atoms with Crippen molar-refractivity contribution in [2.24, 2.45) is 5.92 Å². The van der Waals surface area contributed by atoms with E-state index in [0.717, 1.165) is 24.3 Å². The number of hydrogen-bond donors (Lipinski definition) is 1. The SMILES string of the molecule is CC(C)CN1C(=O)C(Nc2ccc(N3CCCCC3)cc2)=C(c2ccccc2)C1=O. The van der Waals surface area contributed by atoms with Crippen molar-refractivity contribution in [1.29, 1.82) is 0 Å². The Hall–Kier alpha value is -3.08. The minimum absolute atomic E-state index is 0.207. The molecule has 0 aliphatic carbocycles. The van der Waals surface area contributed by atoms with E-state index in [1.54, 1.807) is 0 Å². The molecule has 2 heterocycles. The summed E-state index contributed by atoms with van der Waals surface area (Å²) >= 11 is 0. The van der Waals surface area contributed by atoms with Crippen LogP contribution >= 0.6 is 0 Å². The largest absolute Gasteiger partial charge is 0.372 e. The minimum Gasteiger partial charge on any atom is -0.372 e. The first-order valence-corrected chi connectivity index (χ1v) is 10.8. The standard InChI is InChI=1S/C25H29N3O2/c1-18(2)17-28-24(29)22(19-9-5-3-6-10-19)23(25(28)30)26-20-11-13-21(14-12-20)27-15-7-4-8-16-27/h3,5-6,9-14,18,26H,4,7-8,15-17H2,1-2H3. The second-order valence-corrected chi connectivity index (χ2v) is 8.45. The number of amides is 2. The molecule has 2 aliphatic rings. The Labute approximate surface area is 178 Å². The lowest BCUT2D eigenvalue weighted by Gasteiger charge is -2.28. The number of nitrogens with zero attached hydrogens (tertiary/aromatic N) is 2. The average Bonchev–Trinajstić information content (AvgIpc) is 2.99. The van der Waals surface area contributed by atoms with E-state index >= 15 is 0 Å². The fourth-order valence-corrected chi connectivity index (χ4v) is 4.15. The summed E-state index contributed by atoms with van der Waals surface area (Å²) in [5, 5.41) is 3.25. The maximum atomic E-state index is 13.1. The van der Waals surface area contributed by atoms with Gasteiger partial charge in [-0.2, -0.15) is 0 Å². The topological polar surface area (TPSA) is 52.7 Å². The van der Waals surface area contributed by atoms with Crippen LogP contribution in [0.3, 0.4) is 0 Å². The van der Waals surface area contributed by atoms with Crippen LogP contribution in [0.4, 0.5) is 11.4 Å². The van der Waals surface area contributed by atoms with Crippen molar-refractivity contribution in [2.45, 2.75) is 33.1 Å². The van der Waals surface area contributed by atoms with E-state index in [1.807, 2.05) is 56.3 Å². The normalized spacial score (nSPS) is 17.3. The van der Waals surface area contributed by atoms with Gasteiger partial charge in [0.25, 0.3) is 11.8 Å². The lowest BCUT2D eigenvalue weighted by atomic mass is 10.0. The smallest absolute Gasteiger partial charge is 0.278 e. The van der Waals surface area contributed by atoms with Gasteiger partial charge in [0, 0.05) is 31.0 Å². The van der Waals surface area contributed by atoms with Crippen LogP contribution in [0.1, 0.15) is 38.7 Å². The van der Waals surface area contributed by atoms with Crippen molar-refractivity contribution in [1.82, 2.24) is 4.90 Å². The number of carbonyl (C=O) groups excluding carboxylic acids is 2. The van der Waals surface area contributed by atoms with E-state index < -0.39 is 0 Å². The number of carbonyl (C=O) groups is 2. The van der Waals surface area contributed by atoms with Crippen LogP contribution < -0.4 is 10.2 Å². The summed E-state index contributed by atoms with van der Waals surface area (Å²) in [5.41, 5.74) is 3.58. The van der Waals surface area contributed by atoms with Gasteiger partial charge in [0.1, 0.15) is 5.70 Å². The predicted octanol–water partition coefficient (Wildman–Crippen LogP) is 4.52. The number of benzene rings is 2. The first kappa shape index (κ1) is 20.2. The molecule has 0 spiro atoms. The maximum Gasteiger partial charge on any atom is 0.278 e. The molecule has 1 fully saturated rings. The van der Waals surface area contributed by atoms with Gasteiger partial charge in [0.05, 0.1) is 5.57 Å². The van der Waals surface area contributed by atoms with E-state index in [2.05, 4.69) is 22.3 Å². The number of hydrogen-bond acceptors (Lipinski definition) is 4. The zero-order chi connectivity index (χ0) is 21.1. The third-order valence-corrected chi connectivity index (χ3v) is 5.64. The van der Waals surface area contributed by atoms with E-state index in [0.29, 0.717) is 17.8 Å². The Morgan fingerprint density at radius 3 is 2.17 bits per heavy atom. The van der Waals surface area contributed by atoms with Gasteiger partial charge in [0.2, 0.25) is 0 Å². The Bertz CT molecular complexity index is 942. The average molecular weight is 404 g/mol. The third-order valence-electron chi connectivity index (χ3n) is 5.64. The number of imide groups is 1. The molecule has 2 aromatic carbocycles. The monoisotopic (exact) mass is 403 g/mol. The van der Waals surface area contributed by atoms with Crippen LogP contribution in [0.15, 0.2) is 60.3 Å². The molecule has 0 unspecified atom stereocenters. The molecule has 0 saturated carbocycles. The van der Waals surface area contributed by atoms with Crippen LogP contribution in [-0.4, -0.2) is 36.3 Å². The van der Waals surface area contributed by atoms with E-state index in [1.165, 1.54) is 29.8 Å². The van der Waals surface area contributed by atoms with Crippen LogP contribution in [0, 0.1) is 5.92 Å². The lowest BCUT2D eigenvalue weighted by molar-refractivity contribution is -0.137. The zero-order valence-electron chi connectivity index (χ0n) is 17.7. The van der Waals surface area contributed by atoms with Crippen molar-refractivity contribution in [3.05, 3.63) is 65.9 Å². The highest BCUT2D eigenvalue weighted by Crippen LogP contribution is 2.31. The Morgan fingerprint density at radius 1 is 0.867 bits per heavy atom. The molecule has 2 aliphatic heterocycles. The summed E-state index contributed by atoms with van der Waals surface area (Å²) in [6.45, 7) is 6.61. The Kier molecular flexibility index (Phi) is 5.88. The summed E-state index contributed by atoms with van der Waals surface area (Å²) in [6.07, 6.45) is 3.76. The van der Waals surface area contributed by atoms with Gasteiger partial charge < -0.3 is 10.2 Å². The van der Waals surface area contributed by atoms with E-state index in [9.17, 15) is 9.59 Å². The molecular formula is C25H29N3O2. The summed E-state index contributed by atoms with van der Waals surface area (Å²) < 4.78 is 0. The third kappa shape index (κ3) is 4.11. The number of nitrogens with one attached hydrogen (secondary N) is 1. The number of piperidine rings is 1. The molecule has 2 aromatic rings. The molecule has 1 N–H and O–H groups in total. The highest BCUT2D eigenvalue weighted by atomic mass is 16.2. The molecule has 0 aromatic heterocycles. The van der Waals surface area contributed by atoms with Crippen molar-refractivity contribution in [3.8, 4) is 0 Å². The fourth-order valence-electron chi connectivity index (χ4n) is 4.15.